The molecule has 0 radical (unpaired) electrons. The number of nitrogens with two attached hydrogens (primary N) is 1. The van der Waals surface area contributed by atoms with Crippen molar-refractivity contribution < 1.29 is 14.6 Å². The number of nitrogens with zero attached hydrogens (tertiary/aromatic N) is 1. The molecule has 0 aliphatic carbocycles. The zero-order valence-electron chi connectivity index (χ0n) is 10.4. The number of methoxy groups -OCH3 is 1. The summed E-state index contributed by atoms with van der Waals surface area (Å²) in [7, 11) is 3.53. The van der Waals surface area contributed by atoms with Crippen molar-refractivity contribution in [3.63, 3.8) is 0 Å². The van der Waals surface area contributed by atoms with Gasteiger partial charge in [-0.2, -0.15) is 0 Å². The molecule has 0 aliphatic rings. The highest BCUT2D eigenvalue weighted by molar-refractivity contribution is 5.86. The van der Waals surface area contributed by atoms with Crippen molar-refractivity contribution >= 4 is 16.9 Å². The van der Waals surface area contributed by atoms with Gasteiger partial charge in [-0.25, -0.2) is 0 Å². The second kappa shape index (κ2) is 4.70. The molecule has 5 nitrogen and oxygen atoms in total. The van der Waals surface area contributed by atoms with Crippen LogP contribution in [-0.2, 0) is 18.3 Å². The summed E-state index contributed by atoms with van der Waals surface area (Å²) in [6, 6.07) is 4.84. The van der Waals surface area contributed by atoms with Gasteiger partial charge in [0.15, 0.2) is 0 Å². The van der Waals surface area contributed by atoms with E-state index in [2.05, 4.69) is 0 Å². The molecule has 0 amide bonds. The van der Waals surface area contributed by atoms with Gasteiger partial charge in [0, 0.05) is 30.6 Å². The van der Waals surface area contributed by atoms with E-state index in [-0.39, 0.29) is 0 Å². The number of carboxylic acids is 1. The molecular weight excluding hydrogens is 232 g/mol. The fourth-order valence-electron chi connectivity index (χ4n) is 2.07. The number of ether oxygens (including phenoxy) is 1. The molecule has 96 valence electrons. The highest BCUT2D eigenvalue weighted by atomic mass is 16.5. The number of carbonyl (C=O) groups is 1. The van der Waals surface area contributed by atoms with Gasteiger partial charge in [-0.1, -0.05) is 0 Å². The van der Waals surface area contributed by atoms with Gasteiger partial charge in [0.2, 0.25) is 0 Å². The first-order valence-corrected chi connectivity index (χ1v) is 5.63. The van der Waals surface area contributed by atoms with Crippen molar-refractivity contribution in [1.29, 1.82) is 0 Å². The van der Waals surface area contributed by atoms with E-state index >= 15 is 0 Å². The van der Waals surface area contributed by atoms with Crippen LogP contribution >= 0.6 is 0 Å². The Morgan fingerprint density at radius 3 is 2.89 bits per heavy atom. The lowest BCUT2D eigenvalue weighted by Gasteiger charge is -2.05. The Labute approximate surface area is 105 Å². The van der Waals surface area contributed by atoms with Crippen molar-refractivity contribution in [2.24, 2.45) is 12.8 Å². The number of rotatable bonds is 4. The molecule has 1 aromatic carbocycles. The molecule has 1 atom stereocenters. The van der Waals surface area contributed by atoms with Gasteiger partial charge in [-0.15, -0.1) is 0 Å². The number of aromatic nitrogens is 1. The van der Waals surface area contributed by atoms with Crippen LogP contribution in [0.4, 0.5) is 0 Å². The van der Waals surface area contributed by atoms with Crippen LogP contribution in [-0.4, -0.2) is 28.8 Å². The lowest BCUT2D eigenvalue weighted by atomic mass is 10.1. The number of benzene rings is 1. The molecule has 2 rings (SSSR count). The van der Waals surface area contributed by atoms with Crippen LogP contribution in [0.5, 0.6) is 5.75 Å². The van der Waals surface area contributed by atoms with Crippen LogP contribution in [0.3, 0.4) is 0 Å². The number of aliphatic carboxylic acids is 1. The summed E-state index contributed by atoms with van der Waals surface area (Å²) in [6.07, 6.45) is 2.22. The Morgan fingerprint density at radius 2 is 2.28 bits per heavy atom. The van der Waals surface area contributed by atoms with E-state index in [0.717, 1.165) is 22.2 Å². The SMILES string of the molecule is COc1ccc2c(c1)c(C[C@H](N)C(=O)O)cn2C. The fraction of sp³-hybridized carbons (Fsp3) is 0.308. The summed E-state index contributed by atoms with van der Waals surface area (Å²) in [5.74, 6) is -0.242. The lowest BCUT2D eigenvalue weighted by Crippen LogP contribution is -2.32. The summed E-state index contributed by atoms with van der Waals surface area (Å²) in [5, 5.41) is 9.85. The van der Waals surface area contributed by atoms with E-state index in [4.69, 9.17) is 15.6 Å². The zero-order chi connectivity index (χ0) is 13.3. The molecule has 3 N–H and O–H groups in total. The minimum Gasteiger partial charge on any atom is -0.497 e. The highest BCUT2D eigenvalue weighted by Crippen LogP contribution is 2.26. The third-order valence-electron chi connectivity index (χ3n) is 3.04. The average Bonchev–Trinajstić information content (AvgIpc) is 2.65. The number of hydrogen-bond acceptors (Lipinski definition) is 3. The van der Waals surface area contributed by atoms with Crippen molar-refractivity contribution in [3.8, 4) is 5.75 Å². The summed E-state index contributed by atoms with van der Waals surface area (Å²) >= 11 is 0. The van der Waals surface area contributed by atoms with E-state index < -0.39 is 12.0 Å². The maximum absolute atomic E-state index is 10.8. The Bertz CT molecular complexity index is 589. The summed E-state index contributed by atoms with van der Waals surface area (Å²) in [5.41, 5.74) is 7.53. The van der Waals surface area contributed by atoms with Crippen LogP contribution in [0.1, 0.15) is 5.56 Å². The predicted octanol–water partition coefficient (Wildman–Crippen LogP) is 1.14. The first-order valence-electron chi connectivity index (χ1n) is 5.63. The highest BCUT2D eigenvalue weighted by Gasteiger charge is 2.16. The van der Waals surface area contributed by atoms with Gasteiger partial charge < -0.3 is 20.1 Å². The van der Waals surface area contributed by atoms with Gasteiger partial charge >= 0.3 is 5.97 Å². The minimum atomic E-state index is -0.991. The third kappa shape index (κ3) is 2.17. The molecule has 2 aromatic rings. The molecule has 0 unspecified atom stereocenters. The lowest BCUT2D eigenvalue weighted by molar-refractivity contribution is -0.138. The number of fused-ring (bicyclic) bond motifs is 1. The van der Waals surface area contributed by atoms with Gasteiger partial charge in [0.25, 0.3) is 0 Å². The van der Waals surface area contributed by atoms with E-state index in [1.165, 1.54) is 0 Å². The van der Waals surface area contributed by atoms with Crippen molar-refractivity contribution in [3.05, 3.63) is 30.0 Å². The molecule has 0 bridgehead atoms. The van der Waals surface area contributed by atoms with E-state index in [1.54, 1.807) is 7.11 Å². The van der Waals surface area contributed by atoms with Gasteiger partial charge in [-0.05, 0) is 23.8 Å². The molecule has 0 saturated heterocycles. The second-order valence-corrected chi connectivity index (χ2v) is 4.30. The molecular formula is C13H16N2O3. The van der Waals surface area contributed by atoms with Crippen molar-refractivity contribution in [1.82, 2.24) is 4.57 Å². The van der Waals surface area contributed by atoms with E-state index in [0.29, 0.717) is 6.42 Å². The molecule has 1 heterocycles. The normalized spacial score (nSPS) is 12.6. The largest absolute Gasteiger partial charge is 0.497 e. The predicted molar refractivity (Wildman–Crippen MR) is 68.8 cm³/mol. The molecule has 0 saturated carbocycles. The summed E-state index contributed by atoms with van der Waals surface area (Å²) < 4.78 is 7.14. The first-order chi connectivity index (χ1) is 8.52. The quantitative estimate of drug-likeness (QED) is 0.850. The van der Waals surface area contributed by atoms with Crippen molar-refractivity contribution in [2.75, 3.05) is 7.11 Å². The van der Waals surface area contributed by atoms with E-state index in [1.807, 2.05) is 36.0 Å². The standard InChI is InChI=1S/C13H16N2O3/c1-15-7-8(5-11(14)13(16)17)10-6-9(18-2)3-4-12(10)15/h3-4,6-7,11H,5,14H2,1-2H3,(H,16,17)/t11-/m0/s1. The molecule has 18 heavy (non-hydrogen) atoms. The third-order valence-corrected chi connectivity index (χ3v) is 3.04. The number of aryl methyl sites for hydroxylation is 1. The van der Waals surface area contributed by atoms with Crippen LogP contribution in [0.2, 0.25) is 0 Å². The van der Waals surface area contributed by atoms with Crippen LogP contribution in [0, 0.1) is 0 Å². The Morgan fingerprint density at radius 1 is 1.56 bits per heavy atom. The topological polar surface area (TPSA) is 77.5 Å². The molecule has 0 spiro atoms. The first kappa shape index (κ1) is 12.4. The Kier molecular flexibility index (Phi) is 3.25. The second-order valence-electron chi connectivity index (χ2n) is 4.30. The van der Waals surface area contributed by atoms with Crippen molar-refractivity contribution in [2.45, 2.75) is 12.5 Å². The Hall–Kier alpha value is -2.01. The van der Waals surface area contributed by atoms with Gasteiger partial charge in [0.1, 0.15) is 11.8 Å². The summed E-state index contributed by atoms with van der Waals surface area (Å²) in [6.45, 7) is 0. The summed E-state index contributed by atoms with van der Waals surface area (Å²) in [4.78, 5) is 10.8. The van der Waals surface area contributed by atoms with Gasteiger partial charge in [0.05, 0.1) is 7.11 Å². The fourth-order valence-corrected chi connectivity index (χ4v) is 2.07. The molecule has 0 aliphatic heterocycles. The average molecular weight is 248 g/mol. The van der Waals surface area contributed by atoms with Crippen LogP contribution < -0.4 is 10.5 Å². The number of hydrogen-bond donors (Lipinski definition) is 2. The Balaban J connectivity index is 2.46. The minimum absolute atomic E-state index is 0.305. The number of carboxylic acid groups (broad SMARTS) is 1. The van der Waals surface area contributed by atoms with Gasteiger partial charge in [-0.3, -0.25) is 4.79 Å². The maximum atomic E-state index is 10.8. The van der Waals surface area contributed by atoms with Crippen LogP contribution in [0.15, 0.2) is 24.4 Å². The van der Waals surface area contributed by atoms with E-state index in [9.17, 15) is 4.79 Å². The molecule has 1 aromatic heterocycles. The molecule has 0 fully saturated rings. The molecule has 5 heteroatoms. The smallest absolute Gasteiger partial charge is 0.320 e. The van der Waals surface area contributed by atoms with Crippen LogP contribution in [0.25, 0.3) is 10.9 Å². The maximum Gasteiger partial charge on any atom is 0.320 e. The zero-order valence-corrected chi connectivity index (χ0v) is 10.4. The monoisotopic (exact) mass is 248 g/mol.